The van der Waals surface area contributed by atoms with Gasteiger partial charge in [0.05, 0.1) is 13.2 Å². The van der Waals surface area contributed by atoms with Gasteiger partial charge in [0.15, 0.2) is 0 Å². The second-order valence-corrected chi connectivity index (χ2v) is 8.23. The van der Waals surface area contributed by atoms with E-state index in [1.54, 1.807) is 12.7 Å². The monoisotopic (exact) mass is 341 g/mol. The summed E-state index contributed by atoms with van der Waals surface area (Å²) in [5.74, 6) is 0.978. The maximum Gasteiger partial charge on any atom is 0.119 e. The van der Waals surface area contributed by atoms with Gasteiger partial charge in [-0.25, -0.2) is 0 Å². The minimum atomic E-state index is -0.128. The van der Waals surface area contributed by atoms with Crippen molar-refractivity contribution < 1.29 is 9.47 Å². The zero-order chi connectivity index (χ0) is 17.7. The summed E-state index contributed by atoms with van der Waals surface area (Å²) in [5, 5.41) is 0. The molecule has 0 unspecified atom stereocenters. The van der Waals surface area contributed by atoms with Crippen LogP contribution in [-0.4, -0.2) is 25.9 Å². The summed E-state index contributed by atoms with van der Waals surface area (Å²) in [7, 11) is 3.59. The van der Waals surface area contributed by atoms with E-state index in [0.29, 0.717) is 6.10 Å². The lowest BCUT2D eigenvalue weighted by Gasteiger charge is -2.50. The fraction of sp³-hybridized carbons (Fsp3) is 0.636. The molecule has 1 fully saturated rings. The van der Waals surface area contributed by atoms with Gasteiger partial charge in [0.2, 0.25) is 0 Å². The Bertz CT molecular complexity index is 710. The van der Waals surface area contributed by atoms with Gasteiger partial charge in [-0.1, -0.05) is 25.0 Å². The Labute approximate surface area is 151 Å². The molecule has 0 amide bonds. The van der Waals surface area contributed by atoms with Gasteiger partial charge in [-0.15, -0.1) is 0 Å². The minimum Gasteiger partial charge on any atom is -0.497 e. The molecule has 0 bridgehead atoms. The molecule has 3 aliphatic carbocycles. The van der Waals surface area contributed by atoms with Crippen LogP contribution in [0.15, 0.2) is 29.3 Å². The van der Waals surface area contributed by atoms with Crippen LogP contribution in [0.25, 0.3) is 0 Å². The molecule has 1 aromatic carbocycles. The molecule has 4 rings (SSSR count). The van der Waals surface area contributed by atoms with Gasteiger partial charge >= 0.3 is 0 Å². The highest BCUT2D eigenvalue weighted by Crippen LogP contribution is 2.57. The number of allylic oxidation sites excluding steroid dienone is 1. The molecular formula is C22H31NO2. The molecule has 0 saturated heterocycles. The Kier molecular flexibility index (Phi) is 4.20. The van der Waals surface area contributed by atoms with Crippen molar-refractivity contribution in [3.05, 3.63) is 40.5 Å². The second kappa shape index (κ2) is 6.14. The van der Waals surface area contributed by atoms with Gasteiger partial charge in [-0.05, 0) is 73.8 Å². The van der Waals surface area contributed by atoms with Crippen molar-refractivity contribution in [1.82, 2.24) is 0 Å². The fourth-order valence-corrected chi connectivity index (χ4v) is 5.91. The van der Waals surface area contributed by atoms with Gasteiger partial charge in [0, 0.05) is 18.1 Å². The lowest BCUT2D eigenvalue weighted by atomic mass is 9.56. The molecule has 0 heterocycles. The van der Waals surface area contributed by atoms with E-state index in [0.717, 1.165) is 37.9 Å². The van der Waals surface area contributed by atoms with Crippen molar-refractivity contribution in [2.45, 2.75) is 75.3 Å². The highest BCUT2D eigenvalue weighted by molar-refractivity contribution is 5.54. The van der Waals surface area contributed by atoms with E-state index in [9.17, 15) is 0 Å². The summed E-state index contributed by atoms with van der Waals surface area (Å²) in [6.07, 6.45) is 9.23. The van der Waals surface area contributed by atoms with Gasteiger partial charge in [-0.2, -0.15) is 0 Å². The highest BCUT2D eigenvalue weighted by atomic mass is 16.5. The second-order valence-electron chi connectivity index (χ2n) is 8.23. The quantitative estimate of drug-likeness (QED) is 0.832. The van der Waals surface area contributed by atoms with Gasteiger partial charge in [-0.3, -0.25) is 0 Å². The summed E-state index contributed by atoms with van der Waals surface area (Å²) in [5.41, 5.74) is 13.2. The van der Waals surface area contributed by atoms with Crippen LogP contribution in [0.2, 0.25) is 0 Å². The van der Waals surface area contributed by atoms with Crippen LogP contribution >= 0.6 is 0 Å². The van der Waals surface area contributed by atoms with Crippen molar-refractivity contribution in [2.24, 2.45) is 5.73 Å². The average molecular weight is 341 g/mol. The molecule has 1 saturated carbocycles. The summed E-state index contributed by atoms with van der Waals surface area (Å²) in [6.45, 7) is 2.31. The zero-order valence-electron chi connectivity index (χ0n) is 15.9. The van der Waals surface area contributed by atoms with E-state index in [2.05, 4.69) is 25.1 Å². The van der Waals surface area contributed by atoms with E-state index in [-0.39, 0.29) is 11.0 Å². The first-order valence-electron chi connectivity index (χ1n) is 9.78. The lowest BCUT2D eigenvalue weighted by molar-refractivity contribution is 0.102. The molecule has 2 N–H and O–H groups in total. The average Bonchev–Trinajstić information content (AvgIpc) is 2.98. The Morgan fingerprint density at radius 3 is 2.72 bits per heavy atom. The van der Waals surface area contributed by atoms with Crippen LogP contribution in [0, 0.1) is 0 Å². The van der Waals surface area contributed by atoms with E-state index in [1.807, 2.05) is 7.11 Å². The van der Waals surface area contributed by atoms with E-state index in [1.165, 1.54) is 36.0 Å². The maximum atomic E-state index is 6.90. The third kappa shape index (κ3) is 2.47. The summed E-state index contributed by atoms with van der Waals surface area (Å²) >= 11 is 0. The van der Waals surface area contributed by atoms with Crippen LogP contribution in [0.5, 0.6) is 5.75 Å². The van der Waals surface area contributed by atoms with Crippen LogP contribution < -0.4 is 10.5 Å². The van der Waals surface area contributed by atoms with E-state index in [4.69, 9.17) is 15.2 Å². The number of fused-ring (bicyclic) bond motifs is 4. The van der Waals surface area contributed by atoms with Crippen molar-refractivity contribution in [3.63, 3.8) is 0 Å². The predicted molar refractivity (Wildman–Crippen MR) is 101 cm³/mol. The molecule has 0 aliphatic heterocycles. The van der Waals surface area contributed by atoms with E-state index < -0.39 is 0 Å². The summed E-state index contributed by atoms with van der Waals surface area (Å²) in [6, 6.07) is 6.72. The van der Waals surface area contributed by atoms with Crippen LogP contribution in [0.1, 0.15) is 63.0 Å². The third-order valence-corrected chi connectivity index (χ3v) is 7.05. The fourth-order valence-electron chi connectivity index (χ4n) is 5.91. The Hall–Kier alpha value is -1.32. The number of hydrogen-bond acceptors (Lipinski definition) is 3. The Balaban J connectivity index is 1.87. The molecule has 3 atom stereocenters. The number of hydrogen-bond donors (Lipinski definition) is 1. The highest BCUT2D eigenvalue weighted by Gasteiger charge is 2.52. The first kappa shape index (κ1) is 17.1. The van der Waals surface area contributed by atoms with Crippen molar-refractivity contribution in [2.75, 3.05) is 14.2 Å². The van der Waals surface area contributed by atoms with Gasteiger partial charge in [0.1, 0.15) is 5.75 Å². The first-order chi connectivity index (χ1) is 12.1. The molecule has 0 spiro atoms. The smallest absolute Gasteiger partial charge is 0.119 e. The van der Waals surface area contributed by atoms with Crippen LogP contribution in [0.4, 0.5) is 0 Å². The summed E-state index contributed by atoms with van der Waals surface area (Å²) in [4.78, 5) is 0. The van der Waals surface area contributed by atoms with Crippen molar-refractivity contribution in [1.29, 1.82) is 0 Å². The first-order valence-corrected chi connectivity index (χ1v) is 9.78. The molecule has 3 aliphatic rings. The lowest BCUT2D eigenvalue weighted by Crippen LogP contribution is -2.49. The number of nitrogens with two attached hydrogens (primary N) is 1. The Morgan fingerprint density at radius 1 is 1.16 bits per heavy atom. The third-order valence-electron chi connectivity index (χ3n) is 7.05. The standard InChI is InChI=1S/C22H31NO2/c1-4-9-21-10-11-22(23)14-17(25-3)13-20(22)19(21)7-5-15-12-16(24-2)6-8-18(15)21/h6,8,12,17H,4-5,7,9-11,13-14,23H2,1-3H3/t17-,21-,22+/m0/s1. The maximum absolute atomic E-state index is 6.90. The molecule has 0 aromatic heterocycles. The number of aryl methyl sites for hydroxylation is 1. The normalized spacial score (nSPS) is 33.7. The number of rotatable bonds is 4. The summed E-state index contributed by atoms with van der Waals surface area (Å²) < 4.78 is 11.2. The topological polar surface area (TPSA) is 44.5 Å². The molecule has 0 radical (unpaired) electrons. The van der Waals surface area contributed by atoms with E-state index >= 15 is 0 Å². The SMILES string of the molecule is CCC[C@@]12CC[C@@]3(N)C[C@@H](OC)CC3=C1CCc1cc(OC)ccc12. The van der Waals surface area contributed by atoms with Crippen LogP contribution in [0.3, 0.4) is 0 Å². The zero-order valence-corrected chi connectivity index (χ0v) is 15.9. The van der Waals surface area contributed by atoms with Crippen molar-refractivity contribution in [3.8, 4) is 5.75 Å². The molecule has 25 heavy (non-hydrogen) atoms. The molecule has 3 heteroatoms. The Morgan fingerprint density at radius 2 is 2.00 bits per heavy atom. The molecular weight excluding hydrogens is 310 g/mol. The van der Waals surface area contributed by atoms with Gasteiger partial charge < -0.3 is 15.2 Å². The van der Waals surface area contributed by atoms with Crippen molar-refractivity contribution >= 4 is 0 Å². The number of benzene rings is 1. The largest absolute Gasteiger partial charge is 0.497 e. The molecule has 3 nitrogen and oxygen atoms in total. The molecule has 1 aromatic rings. The minimum absolute atomic E-state index is 0.128. The number of methoxy groups -OCH3 is 2. The van der Waals surface area contributed by atoms with Gasteiger partial charge in [0.25, 0.3) is 0 Å². The predicted octanol–water partition coefficient (Wildman–Crippen LogP) is 4.28. The van der Waals surface area contributed by atoms with Crippen LogP contribution in [-0.2, 0) is 16.6 Å². The number of ether oxygens (including phenoxy) is 2. The molecule has 136 valence electrons.